The lowest BCUT2D eigenvalue weighted by molar-refractivity contribution is -0.144. The smallest absolute Gasteiger partial charge is 0.325 e. The van der Waals surface area contributed by atoms with Gasteiger partial charge >= 0.3 is 5.97 Å². The van der Waals surface area contributed by atoms with Crippen molar-refractivity contribution < 1.29 is 19.4 Å². The van der Waals surface area contributed by atoms with Crippen LogP contribution >= 0.6 is 0 Å². The van der Waals surface area contributed by atoms with E-state index in [1.54, 1.807) is 0 Å². The summed E-state index contributed by atoms with van der Waals surface area (Å²) in [6, 6.07) is 13.1. The first-order valence-electron chi connectivity index (χ1n) is 11.0. The molecule has 2 aromatic rings. The largest absolute Gasteiger partial charge is 0.493 e. The van der Waals surface area contributed by atoms with Gasteiger partial charge in [-0.25, -0.2) is 0 Å². The van der Waals surface area contributed by atoms with Crippen LogP contribution in [0, 0.1) is 5.92 Å². The van der Waals surface area contributed by atoms with E-state index in [0.717, 1.165) is 41.0 Å². The van der Waals surface area contributed by atoms with E-state index in [1.807, 2.05) is 54.3 Å². The van der Waals surface area contributed by atoms with Gasteiger partial charge in [0.1, 0.15) is 11.8 Å². The van der Waals surface area contributed by atoms with Crippen molar-refractivity contribution in [2.24, 2.45) is 5.92 Å². The highest BCUT2D eigenvalue weighted by Crippen LogP contribution is 2.35. The Morgan fingerprint density at radius 1 is 1.19 bits per heavy atom. The SMILES string of the molecule is CC(=O)NC(C)c1ccc(CN2CCc3cc(OCC4CC4)ccc3C2C(=O)O)cc1. The standard InChI is InChI=1S/C25H30N2O4/c1-16(26-17(2)28)20-7-5-18(6-8-20)14-27-12-11-21-13-22(31-15-19-3-4-19)9-10-23(21)24(27)25(29)30/h5-10,13,16,19,24H,3-4,11-12,14-15H2,1-2H3,(H,26,28)(H,29,30). The molecule has 1 saturated carbocycles. The van der Waals surface area contributed by atoms with Gasteiger partial charge in [0.15, 0.2) is 0 Å². The number of amides is 1. The van der Waals surface area contributed by atoms with Crippen LogP contribution in [0.2, 0.25) is 0 Å². The van der Waals surface area contributed by atoms with Crippen LogP contribution in [0.15, 0.2) is 42.5 Å². The number of nitrogens with zero attached hydrogens (tertiary/aromatic N) is 1. The Kier molecular flexibility index (Phi) is 6.28. The number of carbonyl (C=O) groups is 2. The number of aliphatic carboxylic acids is 1. The van der Waals surface area contributed by atoms with Gasteiger partial charge in [-0.3, -0.25) is 14.5 Å². The maximum absolute atomic E-state index is 12.2. The second-order valence-electron chi connectivity index (χ2n) is 8.74. The van der Waals surface area contributed by atoms with Gasteiger partial charge in [0.05, 0.1) is 12.6 Å². The Bertz CT molecular complexity index is 952. The van der Waals surface area contributed by atoms with Gasteiger partial charge in [-0.15, -0.1) is 0 Å². The molecule has 2 N–H and O–H groups in total. The first-order valence-corrected chi connectivity index (χ1v) is 11.0. The molecule has 2 atom stereocenters. The van der Waals surface area contributed by atoms with E-state index in [-0.39, 0.29) is 11.9 Å². The molecule has 2 unspecified atom stereocenters. The molecule has 1 amide bonds. The Morgan fingerprint density at radius 3 is 2.58 bits per heavy atom. The number of carboxylic acids is 1. The number of ether oxygens (including phenoxy) is 1. The Hall–Kier alpha value is -2.86. The summed E-state index contributed by atoms with van der Waals surface area (Å²) < 4.78 is 5.88. The lowest BCUT2D eigenvalue weighted by Crippen LogP contribution is -2.39. The molecule has 0 spiro atoms. The second kappa shape index (κ2) is 9.10. The molecule has 0 aromatic heterocycles. The molecule has 6 heteroatoms. The highest BCUT2D eigenvalue weighted by Gasteiger charge is 2.33. The fourth-order valence-corrected chi connectivity index (χ4v) is 4.24. The summed E-state index contributed by atoms with van der Waals surface area (Å²) in [6.45, 7) is 5.45. The number of carbonyl (C=O) groups excluding carboxylic acids is 1. The topological polar surface area (TPSA) is 78.9 Å². The van der Waals surface area contributed by atoms with E-state index >= 15 is 0 Å². The number of rotatable bonds is 8. The molecule has 2 aliphatic rings. The first-order chi connectivity index (χ1) is 14.9. The number of nitrogens with one attached hydrogen (secondary N) is 1. The maximum atomic E-state index is 12.2. The third kappa shape index (κ3) is 5.25. The summed E-state index contributed by atoms with van der Waals surface area (Å²) in [5.74, 6) is 0.635. The van der Waals surface area contributed by atoms with Crippen molar-refractivity contribution in [3.8, 4) is 5.75 Å². The zero-order valence-corrected chi connectivity index (χ0v) is 18.1. The fraction of sp³-hybridized carbons (Fsp3) is 0.440. The molecule has 0 saturated heterocycles. The fourth-order valence-electron chi connectivity index (χ4n) is 4.24. The molecule has 31 heavy (non-hydrogen) atoms. The van der Waals surface area contributed by atoms with Crippen molar-refractivity contribution in [2.75, 3.05) is 13.2 Å². The summed E-state index contributed by atoms with van der Waals surface area (Å²) in [6.07, 6.45) is 3.29. The number of fused-ring (bicyclic) bond motifs is 1. The molecule has 2 aromatic carbocycles. The lowest BCUT2D eigenvalue weighted by atomic mass is 9.91. The van der Waals surface area contributed by atoms with Crippen LogP contribution in [0.5, 0.6) is 5.75 Å². The van der Waals surface area contributed by atoms with Crippen LogP contribution in [-0.2, 0) is 22.6 Å². The van der Waals surface area contributed by atoms with Crippen molar-refractivity contribution in [1.29, 1.82) is 0 Å². The average molecular weight is 423 g/mol. The van der Waals surface area contributed by atoms with Crippen LogP contribution in [0.3, 0.4) is 0 Å². The Labute approximate surface area is 183 Å². The first kappa shape index (κ1) is 21.4. The van der Waals surface area contributed by atoms with Crippen LogP contribution in [-0.4, -0.2) is 35.0 Å². The molecule has 1 aliphatic heterocycles. The normalized spacial score (nSPS) is 19.4. The molecule has 1 heterocycles. The molecule has 0 bridgehead atoms. The predicted octanol–water partition coefficient (Wildman–Crippen LogP) is 3.86. The number of benzene rings is 2. The van der Waals surface area contributed by atoms with E-state index in [2.05, 4.69) is 5.32 Å². The number of carboxylic acid groups (broad SMARTS) is 1. The minimum absolute atomic E-state index is 0.0588. The van der Waals surface area contributed by atoms with Gasteiger partial charge in [-0.2, -0.15) is 0 Å². The van der Waals surface area contributed by atoms with Crippen molar-refractivity contribution >= 4 is 11.9 Å². The average Bonchev–Trinajstić information content (AvgIpc) is 3.56. The van der Waals surface area contributed by atoms with Gasteiger partial charge in [0.2, 0.25) is 5.91 Å². The molecule has 164 valence electrons. The van der Waals surface area contributed by atoms with Gasteiger partial charge < -0.3 is 15.2 Å². The van der Waals surface area contributed by atoms with Gasteiger partial charge in [-0.1, -0.05) is 30.3 Å². The van der Waals surface area contributed by atoms with Crippen molar-refractivity contribution in [3.63, 3.8) is 0 Å². The summed E-state index contributed by atoms with van der Waals surface area (Å²) >= 11 is 0. The number of hydrogen-bond acceptors (Lipinski definition) is 4. The third-order valence-corrected chi connectivity index (χ3v) is 6.14. The summed E-state index contributed by atoms with van der Waals surface area (Å²) in [5.41, 5.74) is 4.00. The van der Waals surface area contributed by atoms with E-state index in [1.165, 1.54) is 19.8 Å². The van der Waals surface area contributed by atoms with Crippen molar-refractivity contribution in [3.05, 3.63) is 64.7 Å². The molecular formula is C25H30N2O4. The summed E-state index contributed by atoms with van der Waals surface area (Å²) in [7, 11) is 0. The highest BCUT2D eigenvalue weighted by molar-refractivity contribution is 5.77. The van der Waals surface area contributed by atoms with E-state index < -0.39 is 12.0 Å². The molecule has 6 nitrogen and oxygen atoms in total. The third-order valence-electron chi connectivity index (χ3n) is 6.14. The van der Waals surface area contributed by atoms with Gasteiger partial charge in [-0.05, 0) is 66.5 Å². The molecular weight excluding hydrogens is 392 g/mol. The van der Waals surface area contributed by atoms with Gasteiger partial charge in [0.25, 0.3) is 0 Å². The van der Waals surface area contributed by atoms with Crippen LogP contribution in [0.25, 0.3) is 0 Å². The summed E-state index contributed by atoms with van der Waals surface area (Å²) in [4.78, 5) is 25.4. The second-order valence-corrected chi connectivity index (χ2v) is 8.74. The Balaban J connectivity index is 1.46. The minimum Gasteiger partial charge on any atom is -0.493 e. The quantitative estimate of drug-likeness (QED) is 0.675. The predicted molar refractivity (Wildman–Crippen MR) is 118 cm³/mol. The van der Waals surface area contributed by atoms with Crippen LogP contribution in [0.4, 0.5) is 0 Å². The van der Waals surface area contributed by atoms with Crippen LogP contribution in [0.1, 0.15) is 61.0 Å². The molecule has 0 radical (unpaired) electrons. The monoisotopic (exact) mass is 422 g/mol. The Morgan fingerprint density at radius 2 is 1.94 bits per heavy atom. The van der Waals surface area contributed by atoms with E-state index in [0.29, 0.717) is 19.0 Å². The molecule has 1 fully saturated rings. The number of hydrogen-bond donors (Lipinski definition) is 2. The van der Waals surface area contributed by atoms with Crippen LogP contribution < -0.4 is 10.1 Å². The lowest BCUT2D eigenvalue weighted by Gasteiger charge is -2.35. The molecule has 4 rings (SSSR count). The highest BCUT2D eigenvalue weighted by atomic mass is 16.5. The maximum Gasteiger partial charge on any atom is 0.325 e. The van der Waals surface area contributed by atoms with E-state index in [9.17, 15) is 14.7 Å². The van der Waals surface area contributed by atoms with E-state index in [4.69, 9.17) is 4.74 Å². The molecule has 1 aliphatic carbocycles. The summed E-state index contributed by atoms with van der Waals surface area (Å²) in [5, 5.41) is 12.9. The zero-order chi connectivity index (χ0) is 22.0. The minimum atomic E-state index is -0.830. The zero-order valence-electron chi connectivity index (χ0n) is 18.1. The van der Waals surface area contributed by atoms with Crippen molar-refractivity contribution in [1.82, 2.24) is 10.2 Å². The van der Waals surface area contributed by atoms with Crippen molar-refractivity contribution in [2.45, 2.75) is 51.7 Å². The van der Waals surface area contributed by atoms with Gasteiger partial charge in [0, 0.05) is 20.0 Å².